The molecule has 8 heteroatoms. The topological polar surface area (TPSA) is 95.9 Å². The van der Waals surface area contributed by atoms with E-state index < -0.39 is 0 Å². The quantitative estimate of drug-likeness (QED) is 0.655. The van der Waals surface area contributed by atoms with Gasteiger partial charge in [0.05, 0.1) is 29.1 Å². The first-order valence-electron chi connectivity index (χ1n) is 7.87. The van der Waals surface area contributed by atoms with E-state index >= 15 is 0 Å². The summed E-state index contributed by atoms with van der Waals surface area (Å²) in [4.78, 5) is 22.7. The maximum absolute atomic E-state index is 12.2. The van der Waals surface area contributed by atoms with Gasteiger partial charge in [-0.3, -0.25) is 9.78 Å². The van der Waals surface area contributed by atoms with Crippen LogP contribution >= 0.6 is 0 Å². The number of benzene rings is 1. The summed E-state index contributed by atoms with van der Waals surface area (Å²) in [6, 6.07) is 9.33. The summed E-state index contributed by atoms with van der Waals surface area (Å²) in [6.45, 7) is 0.958. The number of rotatable bonds is 6. The highest BCUT2D eigenvalue weighted by Crippen LogP contribution is 2.12. The van der Waals surface area contributed by atoms with Gasteiger partial charge in [0.25, 0.3) is 5.91 Å². The highest BCUT2D eigenvalue weighted by molar-refractivity contribution is 5.93. The third-order valence-corrected chi connectivity index (χ3v) is 3.55. The SMILES string of the molecule is CN(C)c1cnnc(NCCNC(=O)c2cnc3ccccc3n2)c1. The van der Waals surface area contributed by atoms with Crippen LogP contribution in [0.5, 0.6) is 0 Å². The Morgan fingerprint density at radius 1 is 1.12 bits per heavy atom. The van der Waals surface area contributed by atoms with Gasteiger partial charge in [0.2, 0.25) is 0 Å². The number of carbonyl (C=O) groups is 1. The summed E-state index contributed by atoms with van der Waals surface area (Å²) in [5.41, 5.74) is 2.71. The van der Waals surface area contributed by atoms with Gasteiger partial charge in [-0.1, -0.05) is 12.1 Å². The van der Waals surface area contributed by atoms with E-state index in [4.69, 9.17) is 0 Å². The molecular formula is C17H19N7O. The summed E-state index contributed by atoms with van der Waals surface area (Å²) < 4.78 is 0. The van der Waals surface area contributed by atoms with E-state index in [1.54, 1.807) is 6.20 Å². The Morgan fingerprint density at radius 2 is 1.92 bits per heavy atom. The Kier molecular flexibility index (Phi) is 4.98. The highest BCUT2D eigenvalue weighted by Gasteiger charge is 2.08. The van der Waals surface area contributed by atoms with Gasteiger partial charge < -0.3 is 15.5 Å². The molecule has 0 bridgehead atoms. The average molecular weight is 337 g/mol. The number of anilines is 2. The molecule has 0 saturated carbocycles. The number of aromatic nitrogens is 4. The first-order valence-corrected chi connectivity index (χ1v) is 7.87. The van der Waals surface area contributed by atoms with E-state index in [1.807, 2.05) is 49.3 Å². The normalized spacial score (nSPS) is 10.5. The van der Waals surface area contributed by atoms with E-state index in [1.165, 1.54) is 6.20 Å². The lowest BCUT2D eigenvalue weighted by atomic mass is 10.3. The fourth-order valence-electron chi connectivity index (χ4n) is 2.21. The van der Waals surface area contributed by atoms with Crippen molar-refractivity contribution in [2.24, 2.45) is 0 Å². The van der Waals surface area contributed by atoms with Crippen LogP contribution in [0.3, 0.4) is 0 Å². The molecule has 0 aliphatic heterocycles. The van der Waals surface area contributed by atoms with Gasteiger partial charge in [-0.25, -0.2) is 4.98 Å². The second-order valence-electron chi connectivity index (χ2n) is 5.62. The van der Waals surface area contributed by atoms with Crippen LogP contribution in [-0.4, -0.2) is 53.3 Å². The first kappa shape index (κ1) is 16.6. The van der Waals surface area contributed by atoms with Crippen LogP contribution in [0.2, 0.25) is 0 Å². The van der Waals surface area contributed by atoms with E-state index in [2.05, 4.69) is 30.8 Å². The lowest BCUT2D eigenvalue weighted by Gasteiger charge is -2.13. The van der Waals surface area contributed by atoms with E-state index in [9.17, 15) is 4.79 Å². The fraction of sp³-hybridized carbons (Fsp3) is 0.235. The van der Waals surface area contributed by atoms with Crippen molar-refractivity contribution in [2.45, 2.75) is 0 Å². The Morgan fingerprint density at radius 3 is 2.72 bits per heavy atom. The molecule has 3 aromatic rings. The van der Waals surface area contributed by atoms with Crippen LogP contribution in [0.4, 0.5) is 11.5 Å². The number of carbonyl (C=O) groups excluding carboxylic acids is 1. The van der Waals surface area contributed by atoms with Crippen molar-refractivity contribution in [3.05, 3.63) is 48.4 Å². The number of fused-ring (bicyclic) bond motifs is 1. The second kappa shape index (κ2) is 7.52. The van der Waals surface area contributed by atoms with E-state index in [0.717, 1.165) is 11.2 Å². The average Bonchev–Trinajstić information content (AvgIpc) is 2.65. The van der Waals surface area contributed by atoms with Crippen molar-refractivity contribution >= 4 is 28.4 Å². The van der Waals surface area contributed by atoms with Crippen LogP contribution in [0.25, 0.3) is 11.0 Å². The minimum Gasteiger partial charge on any atom is -0.376 e. The molecule has 0 aliphatic carbocycles. The molecule has 0 unspecified atom stereocenters. The predicted octanol–water partition coefficient (Wildman–Crippen LogP) is 1.33. The molecule has 25 heavy (non-hydrogen) atoms. The van der Waals surface area contributed by atoms with Crippen LogP contribution in [0, 0.1) is 0 Å². The van der Waals surface area contributed by atoms with Crippen LogP contribution in [0.1, 0.15) is 10.5 Å². The molecule has 1 aromatic carbocycles. The minimum absolute atomic E-state index is 0.256. The third kappa shape index (κ3) is 4.17. The molecule has 0 atom stereocenters. The summed E-state index contributed by atoms with van der Waals surface area (Å²) in [5, 5.41) is 13.9. The zero-order valence-electron chi connectivity index (χ0n) is 14.1. The Hall–Kier alpha value is -3.29. The molecule has 2 N–H and O–H groups in total. The Bertz CT molecular complexity index is 882. The highest BCUT2D eigenvalue weighted by atomic mass is 16.1. The van der Waals surface area contributed by atoms with Crippen LogP contribution in [-0.2, 0) is 0 Å². The molecule has 8 nitrogen and oxygen atoms in total. The predicted molar refractivity (Wildman–Crippen MR) is 96.7 cm³/mol. The third-order valence-electron chi connectivity index (χ3n) is 3.55. The van der Waals surface area contributed by atoms with Crippen molar-refractivity contribution in [2.75, 3.05) is 37.4 Å². The summed E-state index contributed by atoms with van der Waals surface area (Å²) in [6.07, 6.45) is 3.17. The number of hydrogen-bond donors (Lipinski definition) is 2. The van der Waals surface area contributed by atoms with Crippen molar-refractivity contribution in [3.63, 3.8) is 0 Å². The van der Waals surface area contributed by atoms with E-state index in [-0.39, 0.29) is 5.91 Å². The van der Waals surface area contributed by atoms with Gasteiger partial charge in [0.1, 0.15) is 5.69 Å². The Balaban J connectivity index is 1.53. The van der Waals surface area contributed by atoms with Gasteiger partial charge in [-0.05, 0) is 12.1 Å². The Labute approximate surface area is 145 Å². The monoisotopic (exact) mass is 337 g/mol. The molecule has 3 rings (SSSR count). The standard InChI is InChI=1S/C17H19N7O/c1-24(2)12-9-16(23-21-10-12)18-7-8-19-17(25)15-11-20-13-5-3-4-6-14(13)22-15/h3-6,9-11H,7-8H2,1-2H3,(H,18,23)(H,19,25). The summed E-state index contributed by atoms with van der Waals surface area (Å²) in [7, 11) is 3.87. The summed E-state index contributed by atoms with van der Waals surface area (Å²) in [5.74, 6) is 0.402. The zero-order valence-corrected chi connectivity index (χ0v) is 14.1. The molecule has 1 amide bonds. The molecule has 0 saturated heterocycles. The largest absolute Gasteiger partial charge is 0.376 e. The smallest absolute Gasteiger partial charge is 0.271 e. The molecule has 0 fully saturated rings. The van der Waals surface area contributed by atoms with E-state index in [0.29, 0.717) is 30.1 Å². The number of nitrogens with one attached hydrogen (secondary N) is 2. The van der Waals surface area contributed by atoms with Crippen molar-refractivity contribution in [1.29, 1.82) is 0 Å². The molecule has 0 radical (unpaired) electrons. The van der Waals surface area contributed by atoms with Gasteiger partial charge in [-0.2, -0.15) is 5.10 Å². The molecule has 2 heterocycles. The second-order valence-corrected chi connectivity index (χ2v) is 5.62. The molecule has 0 spiro atoms. The van der Waals surface area contributed by atoms with Crippen LogP contribution < -0.4 is 15.5 Å². The maximum atomic E-state index is 12.2. The van der Waals surface area contributed by atoms with Crippen molar-refractivity contribution < 1.29 is 4.79 Å². The first-order chi connectivity index (χ1) is 12.1. The number of amides is 1. The molecule has 0 aliphatic rings. The van der Waals surface area contributed by atoms with Gasteiger partial charge in [0, 0.05) is 33.3 Å². The molecule has 2 aromatic heterocycles. The van der Waals surface area contributed by atoms with Gasteiger partial charge in [-0.15, -0.1) is 5.10 Å². The minimum atomic E-state index is -0.256. The number of para-hydroxylation sites is 2. The maximum Gasteiger partial charge on any atom is 0.271 e. The fourth-order valence-corrected chi connectivity index (χ4v) is 2.21. The zero-order chi connectivity index (χ0) is 17.6. The van der Waals surface area contributed by atoms with Gasteiger partial charge in [0.15, 0.2) is 5.82 Å². The lowest BCUT2D eigenvalue weighted by Crippen LogP contribution is -2.29. The van der Waals surface area contributed by atoms with Gasteiger partial charge >= 0.3 is 0 Å². The molecular weight excluding hydrogens is 318 g/mol. The van der Waals surface area contributed by atoms with Crippen molar-refractivity contribution in [1.82, 2.24) is 25.5 Å². The molecule has 128 valence electrons. The lowest BCUT2D eigenvalue weighted by molar-refractivity contribution is 0.0950. The summed E-state index contributed by atoms with van der Waals surface area (Å²) >= 11 is 0. The van der Waals surface area contributed by atoms with Crippen LogP contribution in [0.15, 0.2) is 42.7 Å². The number of nitrogens with zero attached hydrogens (tertiary/aromatic N) is 5. The number of hydrogen-bond acceptors (Lipinski definition) is 7. The van der Waals surface area contributed by atoms with Crippen molar-refractivity contribution in [3.8, 4) is 0 Å².